The topological polar surface area (TPSA) is 54.0 Å². The van der Waals surface area contributed by atoms with Crippen molar-refractivity contribution in [2.24, 2.45) is 0 Å². The molecule has 0 N–H and O–H groups in total. The van der Waals surface area contributed by atoms with Crippen LogP contribution in [0, 0.1) is 0 Å². The molecule has 3 rings (SSSR count). The van der Waals surface area contributed by atoms with Crippen LogP contribution in [0.5, 0.6) is 17.2 Å². The summed E-state index contributed by atoms with van der Waals surface area (Å²) in [6.45, 7) is 5.06. The molecule has 1 aliphatic heterocycles. The minimum absolute atomic E-state index is 0.206. The molecule has 0 radical (unpaired) electrons. The molecule has 0 spiro atoms. The Hall–Kier alpha value is -2.69. The van der Waals surface area contributed by atoms with E-state index in [-0.39, 0.29) is 19.4 Å². The van der Waals surface area contributed by atoms with E-state index in [4.69, 9.17) is 18.9 Å². The van der Waals surface area contributed by atoms with Crippen LogP contribution in [0.15, 0.2) is 36.4 Å². The summed E-state index contributed by atoms with van der Waals surface area (Å²) in [5.41, 5.74) is 2.57. The molecular weight excluding hydrogens is 320 g/mol. The average molecular weight is 342 g/mol. The molecule has 132 valence electrons. The number of benzene rings is 2. The first-order valence-electron chi connectivity index (χ1n) is 8.52. The van der Waals surface area contributed by atoms with Crippen LogP contribution in [0.2, 0.25) is 0 Å². The van der Waals surface area contributed by atoms with Crippen LogP contribution < -0.4 is 14.2 Å². The van der Waals surface area contributed by atoms with Gasteiger partial charge in [-0.1, -0.05) is 13.3 Å². The van der Waals surface area contributed by atoms with E-state index in [9.17, 15) is 4.79 Å². The standard InChI is InChI=1S/C20H22O5/c1-3-5-15-10-18-19(25-13-24-18)11-16(15)12-23-20(21)14-6-8-17(9-7-14)22-4-2/h6-11H,3-5,12-13H2,1-2H3. The minimum Gasteiger partial charge on any atom is -0.494 e. The van der Waals surface area contributed by atoms with Crippen LogP contribution >= 0.6 is 0 Å². The summed E-state index contributed by atoms with van der Waals surface area (Å²) in [5, 5.41) is 0. The second-order valence-electron chi connectivity index (χ2n) is 5.76. The Morgan fingerprint density at radius 1 is 1.04 bits per heavy atom. The molecule has 0 fully saturated rings. The first-order valence-corrected chi connectivity index (χ1v) is 8.52. The highest BCUT2D eigenvalue weighted by atomic mass is 16.7. The molecule has 0 saturated heterocycles. The number of aryl methyl sites for hydroxylation is 1. The van der Waals surface area contributed by atoms with Gasteiger partial charge in [0.2, 0.25) is 6.79 Å². The Balaban J connectivity index is 1.69. The number of esters is 1. The quantitative estimate of drug-likeness (QED) is 0.708. The predicted octanol–water partition coefficient (Wildman–Crippen LogP) is 4.12. The summed E-state index contributed by atoms with van der Waals surface area (Å²) in [4.78, 5) is 12.3. The first kappa shape index (κ1) is 17.1. The Bertz CT molecular complexity index is 736. The molecular formula is C20H22O5. The molecule has 5 nitrogen and oxygen atoms in total. The fraction of sp³-hybridized carbons (Fsp3) is 0.350. The van der Waals surface area contributed by atoms with E-state index in [2.05, 4.69) is 6.92 Å². The van der Waals surface area contributed by atoms with Crippen molar-refractivity contribution in [3.63, 3.8) is 0 Å². The molecule has 5 heteroatoms. The van der Waals surface area contributed by atoms with Crippen LogP contribution in [0.4, 0.5) is 0 Å². The Morgan fingerprint density at radius 3 is 2.36 bits per heavy atom. The average Bonchev–Trinajstić information content (AvgIpc) is 3.08. The molecule has 1 aliphatic rings. The number of fused-ring (bicyclic) bond motifs is 1. The van der Waals surface area contributed by atoms with Crippen LogP contribution in [0.1, 0.15) is 41.8 Å². The maximum atomic E-state index is 12.3. The van der Waals surface area contributed by atoms with Crippen molar-refractivity contribution < 1.29 is 23.7 Å². The smallest absolute Gasteiger partial charge is 0.338 e. The summed E-state index contributed by atoms with van der Waals surface area (Å²) in [7, 11) is 0. The van der Waals surface area contributed by atoms with Gasteiger partial charge in [0.05, 0.1) is 12.2 Å². The highest BCUT2D eigenvalue weighted by Crippen LogP contribution is 2.35. The Morgan fingerprint density at radius 2 is 1.72 bits per heavy atom. The monoisotopic (exact) mass is 342 g/mol. The fourth-order valence-corrected chi connectivity index (χ4v) is 2.74. The van der Waals surface area contributed by atoms with E-state index < -0.39 is 0 Å². The van der Waals surface area contributed by atoms with E-state index in [1.807, 2.05) is 19.1 Å². The Kier molecular flexibility index (Phi) is 5.43. The van der Waals surface area contributed by atoms with Crippen molar-refractivity contribution in [1.82, 2.24) is 0 Å². The summed E-state index contributed by atoms with van der Waals surface area (Å²) in [5.74, 6) is 1.83. The van der Waals surface area contributed by atoms with E-state index in [1.165, 1.54) is 0 Å². The van der Waals surface area contributed by atoms with Gasteiger partial charge in [0.1, 0.15) is 12.4 Å². The first-order chi connectivity index (χ1) is 12.2. The number of hydrogen-bond donors (Lipinski definition) is 0. The van der Waals surface area contributed by atoms with Gasteiger partial charge in [0.15, 0.2) is 11.5 Å². The van der Waals surface area contributed by atoms with Crippen LogP contribution in [0.3, 0.4) is 0 Å². The van der Waals surface area contributed by atoms with Gasteiger partial charge >= 0.3 is 5.97 Å². The third-order valence-electron chi connectivity index (χ3n) is 3.97. The number of carbonyl (C=O) groups excluding carboxylic acids is 1. The number of hydrogen-bond acceptors (Lipinski definition) is 5. The highest BCUT2D eigenvalue weighted by Gasteiger charge is 2.18. The summed E-state index contributed by atoms with van der Waals surface area (Å²) in [6, 6.07) is 10.8. The second kappa shape index (κ2) is 7.92. The lowest BCUT2D eigenvalue weighted by Crippen LogP contribution is -2.07. The summed E-state index contributed by atoms with van der Waals surface area (Å²) < 4.78 is 21.7. The van der Waals surface area contributed by atoms with Gasteiger partial charge in [0.25, 0.3) is 0 Å². The largest absolute Gasteiger partial charge is 0.494 e. The zero-order chi connectivity index (χ0) is 17.6. The van der Waals surface area contributed by atoms with Gasteiger partial charge in [-0.2, -0.15) is 0 Å². The molecule has 0 amide bonds. The van der Waals surface area contributed by atoms with Crippen LogP contribution in [0.25, 0.3) is 0 Å². The zero-order valence-electron chi connectivity index (χ0n) is 14.5. The van der Waals surface area contributed by atoms with Crippen molar-refractivity contribution >= 4 is 5.97 Å². The second-order valence-corrected chi connectivity index (χ2v) is 5.76. The number of ether oxygens (including phenoxy) is 4. The van der Waals surface area contributed by atoms with Crippen LogP contribution in [-0.2, 0) is 17.8 Å². The molecule has 0 aliphatic carbocycles. The third kappa shape index (κ3) is 4.05. The lowest BCUT2D eigenvalue weighted by Gasteiger charge is -2.11. The summed E-state index contributed by atoms with van der Waals surface area (Å²) >= 11 is 0. The number of carbonyl (C=O) groups is 1. The molecule has 1 heterocycles. The highest BCUT2D eigenvalue weighted by molar-refractivity contribution is 5.89. The summed E-state index contributed by atoms with van der Waals surface area (Å²) in [6.07, 6.45) is 1.89. The number of rotatable bonds is 7. The third-order valence-corrected chi connectivity index (χ3v) is 3.97. The molecule has 2 aromatic carbocycles. The molecule has 25 heavy (non-hydrogen) atoms. The SMILES string of the molecule is CCCc1cc2c(cc1COC(=O)c1ccc(OCC)cc1)OCO2. The molecule has 0 aromatic heterocycles. The zero-order valence-corrected chi connectivity index (χ0v) is 14.5. The van der Waals surface area contributed by atoms with Crippen molar-refractivity contribution in [3.8, 4) is 17.2 Å². The van der Waals surface area contributed by atoms with Gasteiger partial charge in [0, 0.05) is 0 Å². The molecule has 2 aromatic rings. The maximum absolute atomic E-state index is 12.3. The fourth-order valence-electron chi connectivity index (χ4n) is 2.74. The van der Waals surface area contributed by atoms with Gasteiger partial charge in [-0.3, -0.25) is 0 Å². The molecule has 0 saturated carbocycles. The van der Waals surface area contributed by atoms with Crippen LogP contribution in [-0.4, -0.2) is 19.4 Å². The van der Waals surface area contributed by atoms with E-state index >= 15 is 0 Å². The van der Waals surface area contributed by atoms with Gasteiger partial charge < -0.3 is 18.9 Å². The lowest BCUT2D eigenvalue weighted by molar-refractivity contribution is 0.0471. The van der Waals surface area contributed by atoms with Crippen molar-refractivity contribution in [1.29, 1.82) is 0 Å². The van der Waals surface area contributed by atoms with Crippen molar-refractivity contribution in [2.45, 2.75) is 33.3 Å². The maximum Gasteiger partial charge on any atom is 0.338 e. The van der Waals surface area contributed by atoms with Gasteiger partial charge in [-0.15, -0.1) is 0 Å². The normalized spacial score (nSPS) is 12.1. The molecule has 0 bridgehead atoms. The van der Waals surface area contributed by atoms with Crippen molar-refractivity contribution in [2.75, 3.05) is 13.4 Å². The molecule has 0 atom stereocenters. The van der Waals surface area contributed by atoms with Gasteiger partial charge in [-0.05, 0) is 60.9 Å². The van der Waals surface area contributed by atoms with E-state index in [1.54, 1.807) is 24.3 Å². The minimum atomic E-state index is -0.358. The van der Waals surface area contributed by atoms with Gasteiger partial charge in [-0.25, -0.2) is 4.79 Å². The van der Waals surface area contributed by atoms with Crippen molar-refractivity contribution in [3.05, 3.63) is 53.1 Å². The predicted molar refractivity (Wildman–Crippen MR) is 93.3 cm³/mol. The Labute approximate surface area is 147 Å². The van der Waals surface area contributed by atoms with E-state index in [0.717, 1.165) is 35.5 Å². The lowest BCUT2D eigenvalue weighted by atomic mass is 10.0. The molecule has 0 unspecified atom stereocenters. The van der Waals surface area contributed by atoms with E-state index in [0.29, 0.717) is 17.9 Å².